The van der Waals surface area contributed by atoms with Gasteiger partial charge < -0.3 is 9.30 Å². The second-order valence-electron chi connectivity index (χ2n) is 4.16. The Labute approximate surface area is 117 Å². The van der Waals surface area contributed by atoms with E-state index >= 15 is 0 Å². The molecule has 0 spiro atoms. The van der Waals surface area contributed by atoms with Crippen LogP contribution in [0.2, 0.25) is 0 Å². The monoisotopic (exact) mass is 294 g/mol. The molecule has 0 fully saturated rings. The summed E-state index contributed by atoms with van der Waals surface area (Å²) in [5, 5.41) is 8.77. The first-order valence-corrected chi connectivity index (χ1v) is 5.83. The molecule has 1 aromatic carbocycles. The van der Waals surface area contributed by atoms with Crippen LogP contribution in [-0.4, -0.2) is 10.9 Å². The Morgan fingerprint density at radius 3 is 2.43 bits per heavy atom. The fourth-order valence-corrected chi connectivity index (χ4v) is 1.74. The minimum atomic E-state index is -4.74. The van der Waals surface area contributed by atoms with Crippen molar-refractivity contribution in [2.45, 2.75) is 12.9 Å². The molecule has 0 saturated heterocycles. The number of aromatic nitrogens is 1. The highest BCUT2D eigenvalue weighted by molar-refractivity contribution is 5.29. The van der Waals surface area contributed by atoms with Crippen molar-refractivity contribution in [2.24, 2.45) is 0 Å². The lowest BCUT2D eigenvalue weighted by atomic mass is 10.2. The van der Waals surface area contributed by atoms with Gasteiger partial charge >= 0.3 is 6.36 Å². The maximum absolute atomic E-state index is 12.0. The van der Waals surface area contributed by atoms with Crippen LogP contribution in [0.4, 0.5) is 13.2 Å². The molecular formula is C14H9F3N2O2. The molecule has 108 valence electrons. The zero-order chi connectivity index (χ0) is 15.5. The minimum absolute atomic E-state index is 0.00882. The third-order valence-electron chi connectivity index (χ3n) is 2.65. The van der Waals surface area contributed by atoms with Crippen LogP contribution in [0.1, 0.15) is 11.1 Å². The van der Waals surface area contributed by atoms with Crippen LogP contribution in [0.15, 0.2) is 47.4 Å². The molecule has 0 N–H and O–H groups in total. The Kier molecular flexibility index (Phi) is 3.98. The average Bonchev–Trinajstić information content (AvgIpc) is 2.42. The lowest BCUT2D eigenvalue weighted by Gasteiger charge is -2.10. The predicted octanol–water partition coefficient (Wildman–Crippen LogP) is 2.67. The maximum Gasteiger partial charge on any atom is 0.573 e. The maximum atomic E-state index is 12.0. The predicted molar refractivity (Wildman–Crippen MR) is 67.6 cm³/mol. The van der Waals surface area contributed by atoms with E-state index in [1.165, 1.54) is 41.1 Å². The smallest absolute Gasteiger partial charge is 0.406 e. The summed E-state index contributed by atoms with van der Waals surface area (Å²) in [6.07, 6.45) is -3.23. The zero-order valence-electron chi connectivity index (χ0n) is 10.6. The van der Waals surface area contributed by atoms with E-state index < -0.39 is 11.9 Å². The van der Waals surface area contributed by atoms with E-state index in [1.807, 2.05) is 0 Å². The highest BCUT2D eigenvalue weighted by atomic mass is 19.4. The Balaban J connectivity index is 2.18. The molecule has 0 unspecified atom stereocenters. The number of alkyl halides is 3. The van der Waals surface area contributed by atoms with Gasteiger partial charge in [0.05, 0.1) is 6.54 Å². The van der Waals surface area contributed by atoms with Crippen LogP contribution < -0.4 is 10.3 Å². The van der Waals surface area contributed by atoms with E-state index in [0.717, 1.165) is 0 Å². The van der Waals surface area contributed by atoms with E-state index in [2.05, 4.69) is 4.74 Å². The second kappa shape index (κ2) is 5.71. The molecule has 7 heteroatoms. The minimum Gasteiger partial charge on any atom is -0.406 e. The Morgan fingerprint density at radius 1 is 1.19 bits per heavy atom. The molecule has 0 bridgehead atoms. The van der Waals surface area contributed by atoms with Crippen molar-refractivity contribution in [3.63, 3.8) is 0 Å². The van der Waals surface area contributed by atoms with Gasteiger partial charge in [-0.25, -0.2) is 0 Å². The van der Waals surface area contributed by atoms with Crippen LogP contribution in [0.25, 0.3) is 0 Å². The summed E-state index contributed by atoms with van der Waals surface area (Å²) in [6.45, 7) is 0.153. The van der Waals surface area contributed by atoms with Crippen molar-refractivity contribution in [3.8, 4) is 11.8 Å². The van der Waals surface area contributed by atoms with Crippen LogP contribution in [-0.2, 0) is 6.54 Å². The summed E-state index contributed by atoms with van der Waals surface area (Å²) in [4.78, 5) is 11.8. The lowest BCUT2D eigenvalue weighted by molar-refractivity contribution is -0.274. The molecule has 1 aromatic heterocycles. The molecule has 2 rings (SSSR count). The van der Waals surface area contributed by atoms with Gasteiger partial charge in [0.25, 0.3) is 5.56 Å². The van der Waals surface area contributed by atoms with Crippen LogP contribution in [0.5, 0.6) is 5.75 Å². The van der Waals surface area contributed by atoms with E-state index in [9.17, 15) is 18.0 Å². The van der Waals surface area contributed by atoms with Gasteiger partial charge in [0.15, 0.2) is 0 Å². The normalized spacial score (nSPS) is 11.0. The molecule has 0 aliphatic heterocycles. The van der Waals surface area contributed by atoms with Gasteiger partial charge in [-0.2, -0.15) is 5.26 Å². The molecule has 0 radical (unpaired) electrons. The molecule has 0 saturated carbocycles. The Hall–Kier alpha value is -2.75. The third kappa shape index (κ3) is 3.86. The van der Waals surface area contributed by atoms with Crippen molar-refractivity contribution in [1.82, 2.24) is 4.57 Å². The summed E-state index contributed by atoms with van der Waals surface area (Å²) in [5.41, 5.74) is 0.173. The van der Waals surface area contributed by atoms with Crippen molar-refractivity contribution < 1.29 is 17.9 Å². The lowest BCUT2D eigenvalue weighted by Crippen LogP contribution is -2.22. The van der Waals surface area contributed by atoms with Gasteiger partial charge in [-0.05, 0) is 29.8 Å². The van der Waals surface area contributed by atoms with Crippen molar-refractivity contribution in [2.75, 3.05) is 0 Å². The Morgan fingerprint density at radius 2 is 1.86 bits per heavy atom. The molecule has 21 heavy (non-hydrogen) atoms. The SMILES string of the molecule is N#Cc1cccn(Cc2ccc(OC(F)(F)F)cc2)c1=O. The van der Waals surface area contributed by atoms with Gasteiger partial charge in [0, 0.05) is 6.20 Å². The number of benzene rings is 1. The summed E-state index contributed by atoms with van der Waals surface area (Å²) in [6, 6.07) is 9.92. The molecule has 0 aliphatic carbocycles. The largest absolute Gasteiger partial charge is 0.573 e. The van der Waals surface area contributed by atoms with Gasteiger partial charge in [-0.15, -0.1) is 13.2 Å². The van der Waals surface area contributed by atoms with E-state index in [4.69, 9.17) is 5.26 Å². The highest BCUT2D eigenvalue weighted by Crippen LogP contribution is 2.22. The first-order valence-electron chi connectivity index (χ1n) is 5.83. The molecule has 0 aliphatic rings. The number of hydrogen-bond donors (Lipinski definition) is 0. The zero-order valence-corrected chi connectivity index (χ0v) is 10.6. The highest BCUT2D eigenvalue weighted by Gasteiger charge is 2.30. The summed E-state index contributed by atoms with van der Waals surface area (Å²) in [5.74, 6) is -0.329. The first kappa shape index (κ1) is 14.7. The Bertz CT molecular complexity index is 728. The number of hydrogen-bond acceptors (Lipinski definition) is 3. The first-order chi connectivity index (χ1) is 9.89. The van der Waals surface area contributed by atoms with Gasteiger partial charge in [-0.1, -0.05) is 12.1 Å². The molecule has 0 atom stereocenters. The molecule has 1 heterocycles. The number of pyridine rings is 1. The molecular weight excluding hydrogens is 285 g/mol. The van der Waals surface area contributed by atoms with Crippen LogP contribution >= 0.6 is 0 Å². The van der Waals surface area contributed by atoms with E-state index in [1.54, 1.807) is 12.1 Å². The van der Waals surface area contributed by atoms with Crippen LogP contribution in [0, 0.1) is 11.3 Å². The van der Waals surface area contributed by atoms with Crippen molar-refractivity contribution in [3.05, 3.63) is 64.1 Å². The number of ether oxygens (including phenoxy) is 1. The van der Waals surface area contributed by atoms with Gasteiger partial charge in [0.1, 0.15) is 17.4 Å². The molecule has 2 aromatic rings. The van der Waals surface area contributed by atoms with Gasteiger partial charge in [0.2, 0.25) is 0 Å². The summed E-state index contributed by atoms with van der Waals surface area (Å²) in [7, 11) is 0. The fourth-order valence-electron chi connectivity index (χ4n) is 1.74. The number of nitrogens with zero attached hydrogens (tertiary/aromatic N) is 2. The number of halogens is 3. The number of rotatable bonds is 3. The average molecular weight is 294 g/mol. The van der Waals surface area contributed by atoms with Crippen molar-refractivity contribution >= 4 is 0 Å². The topological polar surface area (TPSA) is 55.0 Å². The molecule has 4 nitrogen and oxygen atoms in total. The number of nitriles is 1. The summed E-state index contributed by atoms with van der Waals surface area (Å²) >= 11 is 0. The second-order valence-corrected chi connectivity index (χ2v) is 4.16. The quantitative estimate of drug-likeness (QED) is 0.874. The van der Waals surface area contributed by atoms with Crippen LogP contribution in [0.3, 0.4) is 0 Å². The fraction of sp³-hybridized carbons (Fsp3) is 0.143. The van der Waals surface area contributed by atoms with Gasteiger partial charge in [-0.3, -0.25) is 4.79 Å². The standard InChI is InChI=1S/C14H9F3N2O2/c15-14(16,17)21-12-5-3-10(4-6-12)9-19-7-1-2-11(8-18)13(19)20/h1-7H,9H2. The third-order valence-corrected chi connectivity index (χ3v) is 2.65. The van der Waals surface area contributed by atoms with E-state index in [0.29, 0.717) is 5.56 Å². The summed E-state index contributed by atoms with van der Waals surface area (Å²) < 4.78 is 41.1. The van der Waals surface area contributed by atoms with E-state index in [-0.39, 0.29) is 17.9 Å². The van der Waals surface area contributed by atoms with Crippen molar-refractivity contribution in [1.29, 1.82) is 5.26 Å². The molecule has 0 amide bonds.